The molecule has 1 fully saturated rings. The first-order valence-electron chi connectivity index (χ1n) is 10.2. The normalized spacial score (nSPS) is 17.9. The van der Waals surface area contributed by atoms with Gasteiger partial charge in [0.05, 0.1) is 28.9 Å². The zero-order chi connectivity index (χ0) is 21.7. The molecule has 1 aliphatic carbocycles. The lowest BCUT2D eigenvalue weighted by Gasteiger charge is -2.15. The van der Waals surface area contributed by atoms with Crippen LogP contribution in [0.15, 0.2) is 24.4 Å². The van der Waals surface area contributed by atoms with Crippen LogP contribution in [0.5, 0.6) is 5.75 Å². The van der Waals surface area contributed by atoms with Crippen molar-refractivity contribution in [2.45, 2.75) is 32.9 Å². The Labute approximate surface area is 180 Å². The second-order valence-electron chi connectivity index (χ2n) is 7.49. The number of H-pyrrole nitrogens is 1. The molecule has 5 rings (SSSR count). The first-order chi connectivity index (χ1) is 15.0. The minimum atomic E-state index is -1.06. The summed E-state index contributed by atoms with van der Waals surface area (Å²) in [6.07, 6.45) is 1.37. The van der Waals surface area contributed by atoms with E-state index < -0.39 is 17.9 Å². The maximum atomic E-state index is 15.3. The lowest BCUT2D eigenvalue weighted by molar-refractivity contribution is -0.117. The fraction of sp³-hybridized carbons (Fsp3) is 0.318. The number of hydrogen-bond donors (Lipinski definition) is 2. The Morgan fingerprint density at radius 3 is 2.90 bits per heavy atom. The molecule has 160 valence electrons. The van der Waals surface area contributed by atoms with Gasteiger partial charge in [-0.05, 0) is 43.0 Å². The van der Waals surface area contributed by atoms with Crippen molar-refractivity contribution >= 4 is 43.5 Å². The molecule has 2 aromatic heterocycles. The molecular weight excluding hydrogens is 422 g/mol. The molecule has 2 N–H and O–H groups in total. The fourth-order valence-corrected chi connectivity index (χ4v) is 4.78. The number of hydrogen-bond acceptors (Lipinski definition) is 5. The lowest BCUT2D eigenvalue weighted by atomic mass is 9.93. The number of nitrogens with zero attached hydrogens (tertiary/aromatic N) is 2. The first-order valence-corrected chi connectivity index (χ1v) is 11.0. The van der Waals surface area contributed by atoms with Crippen molar-refractivity contribution in [1.29, 1.82) is 0 Å². The van der Waals surface area contributed by atoms with E-state index in [-0.39, 0.29) is 18.1 Å². The molecule has 0 radical (unpaired) electrons. The number of nitrogens with one attached hydrogen (secondary N) is 2. The summed E-state index contributed by atoms with van der Waals surface area (Å²) < 4.78 is 34.9. The molecule has 4 aromatic rings. The van der Waals surface area contributed by atoms with E-state index in [0.29, 0.717) is 34.8 Å². The second-order valence-corrected chi connectivity index (χ2v) is 8.52. The molecule has 6 nitrogen and oxygen atoms in total. The van der Waals surface area contributed by atoms with Gasteiger partial charge >= 0.3 is 0 Å². The number of ether oxygens (including phenoxy) is 1. The minimum absolute atomic E-state index is 0.186. The summed E-state index contributed by atoms with van der Waals surface area (Å²) in [6, 6.07) is 5.65. The van der Waals surface area contributed by atoms with Crippen molar-refractivity contribution in [3.05, 3.63) is 35.8 Å². The van der Waals surface area contributed by atoms with E-state index in [1.807, 2.05) is 32.0 Å². The number of anilines is 1. The van der Waals surface area contributed by atoms with E-state index in [9.17, 15) is 9.18 Å². The Morgan fingerprint density at radius 1 is 1.39 bits per heavy atom. The molecule has 2 atom stereocenters. The lowest BCUT2D eigenvalue weighted by Crippen LogP contribution is -2.14. The van der Waals surface area contributed by atoms with Crippen molar-refractivity contribution in [1.82, 2.24) is 15.2 Å². The SMILES string of the molecule is CCOc1c(F)c(CC)c(-c2ccc3nc(NC(=O)[C@@H]4C[C@@H]4F)sc3c2)c2cn[nH]c12. The maximum Gasteiger partial charge on any atom is 0.232 e. The molecule has 0 aliphatic heterocycles. The number of aromatic nitrogens is 3. The number of carbonyl (C=O) groups excluding carboxylic acids is 1. The van der Waals surface area contributed by atoms with Crippen LogP contribution in [0.4, 0.5) is 13.9 Å². The predicted octanol–water partition coefficient (Wildman–Crippen LogP) is 5.24. The van der Waals surface area contributed by atoms with Gasteiger partial charge < -0.3 is 10.1 Å². The Morgan fingerprint density at radius 2 is 2.19 bits per heavy atom. The third-order valence-electron chi connectivity index (χ3n) is 5.50. The molecule has 9 heteroatoms. The second kappa shape index (κ2) is 7.56. The highest BCUT2D eigenvalue weighted by molar-refractivity contribution is 7.22. The highest BCUT2D eigenvalue weighted by atomic mass is 32.1. The summed E-state index contributed by atoms with van der Waals surface area (Å²) in [6.45, 7) is 4.06. The number of halogens is 2. The zero-order valence-corrected chi connectivity index (χ0v) is 17.8. The number of carbonyl (C=O) groups is 1. The van der Waals surface area contributed by atoms with Gasteiger partial charge in [-0.3, -0.25) is 9.89 Å². The molecule has 1 aliphatic rings. The van der Waals surface area contributed by atoms with Crippen LogP contribution >= 0.6 is 11.3 Å². The van der Waals surface area contributed by atoms with Crippen molar-refractivity contribution in [2.75, 3.05) is 11.9 Å². The average molecular weight is 442 g/mol. The van der Waals surface area contributed by atoms with Crippen LogP contribution in [0.2, 0.25) is 0 Å². The van der Waals surface area contributed by atoms with E-state index in [4.69, 9.17) is 4.74 Å². The molecule has 1 amide bonds. The highest BCUT2D eigenvalue weighted by Crippen LogP contribution is 2.42. The molecular formula is C22H20F2N4O2S. The van der Waals surface area contributed by atoms with Gasteiger partial charge in [0.15, 0.2) is 16.7 Å². The van der Waals surface area contributed by atoms with Crippen LogP contribution < -0.4 is 10.1 Å². The number of thiazole rings is 1. The van der Waals surface area contributed by atoms with Gasteiger partial charge in [0, 0.05) is 10.9 Å². The van der Waals surface area contributed by atoms with E-state index in [1.54, 1.807) is 6.20 Å². The summed E-state index contributed by atoms with van der Waals surface area (Å²) in [4.78, 5) is 16.5. The van der Waals surface area contributed by atoms with Crippen LogP contribution in [-0.4, -0.2) is 33.9 Å². The number of benzene rings is 2. The number of fused-ring (bicyclic) bond motifs is 2. The molecule has 1 saturated carbocycles. The summed E-state index contributed by atoms with van der Waals surface area (Å²) in [5.74, 6) is -1.12. The van der Waals surface area contributed by atoms with Gasteiger partial charge in [0.1, 0.15) is 11.7 Å². The van der Waals surface area contributed by atoms with Gasteiger partial charge in [0.2, 0.25) is 5.91 Å². The fourth-order valence-electron chi connectivity index (χ4n) is 3.88. The van der Waals surface area contributed by atoms with Gasteiger partial charge in [0.25, 0.3) is 0 Å². The Balaban J connectivity index is 1.60. The molecule has 0 unspecified atom stereocenters. The van der Waals surface area contributed by atoms with E-state index in [1.165, 1.54) is 11.3 Å². The van der Waals surface area contributed by atoms with Crippen LogP contribution in [0, 0.1) is 11.7 Å². The Hall–Kier alpha value is -3.07. The standard InChI is InChI=1S/C22H20F2N4O2S/c1-3-11-17(13-9-25-28-19(13)20(18(11)24)30-4-2)10-5-6-15-16(7-10)31-22(26-15)27-21(29)12-8-14(12)23/h5-7,9,12,14H,3-4,8H2,1-2H3,(H,25,28)(H,26,27,29)/t12-,14+/m1/s1. The smallest absolute Gasteiger partial charge is 0.232 e. The summed E-state index contributed by atoms with van der Waals surface area (Å²) >= 11 is 1.31. The highest BCUT2D eigenvalue weighted by Gasteiger charge is 2.43. The number of rotatable bonds is 6. The monoisotopic (exact) mass is 442 g/mol. The van der Waals surface area contributed by atoms with Crippen molar-refractivity contribution in [3.8, 4) is 16.9 Å². The Kier molecular flexibility index (Phi) is 4.85. The van der Waals surface area contributed by atoms with E-state index in [2.05, 4.69) is 20.5 Å². The maximum absolute atomic E-state index is 15.3. The predicted molar refractivity (Wildman–Crippen MR) is 117 cm³/mol. The van der Waals surface area contributed by atoms with Crippen LogP contribution in [0.1, 0.15) is 25.8 Å². The summed E-state index contributed by atoms with van der Waals surface area (Å²) in [7, 11) is 0. The molecule has 0 bridgehead atoms. The molecule has 0 saturated heterocycles. The number of aromatic amines is 1. The molecule has 0 spiro atoms. The zero-order valence-electron chi connectivity index (χ0n) is 17.0. The average Bonchev–Trinajstić information content (AvgIpc) is 3.13. The minimum Gasteiger partial charge on any atom is -0.489 e. The quantitative estimate of drug-likeness (QED) is 0.428. The van der Waals surface area contributed by atoms with Gasteiger partial charge in [-0.2, -0.15) is 5.10 Å². The van der Waals surface area contributed by atoms with Gasteiger partial charge in [-0.1, -0.05) is 24.3 Å². The summed E-state index contributed by atoms with van der Waals surface area (Å²) in [5.41, 5.74) is 3.37. The van der Waals surface area contributed by atoms with E-state index in [0.717, 1.165) is 21.2 Å². The van der Waals surface area contributed by atoms with E-state index >= 15 is 4.39 Å². The topological polar surface area (TPSA) is 79.9 Å². The van der Waals surface area contributed by atoms with Crippen LogP contribution in [0.25, 0.3) is 32.2 Å². The van der Waals surface area contributed by atoms with Crippen molar-refractivity contribution in [2.24, 2.45) is 5.92 Å². The molecule has 31 heavy (non-hydrogen) atoms. The largest absolute Gasteiger partial charge is 0.489 e. The molecule has 2 heterocycles. The van der Waals surface area contributed by atoms with Gasteiger partial charge in [-0.25, -0.2) is 13.8 Å². The van der Waals surface area contributed by atoms with Crippen molar-refractivity contribution < 1.29 is 18.3 Å². The van der Waals surface area contributed by atoms with Crippen LogP contribution in [-0.2, 0) is 11.2 Å². The third kappa shape index (κ3) is 3.33. The van der Waals surface area contributed by atoms with Gasteiger partial charge in [-0.15, -0.1) is 0 Å². The summed E-state index contributed by atoms with van der Waals surface area (Å²) in [5, 5.41) is 10.9. The van der Waals surface area contributed by atoms with Crippen LogP contribution in [0.3, 0.4) is 0 Å². The number of amides is 1. The third-order valence-corrected chi connectivity index (χ3v) is 6.43. The Bertz CT molecular complexity index is 1320. The first kappa shape index (κ1) is 19.9. The number of alkyl halides is 1. The molecule has 2 aromatic carbocycles. The van der Waals surface area contributed by atoms with Crippen molar-refractivity contribution in [3.63, 3.8) is 0 Å².